The molecule has 71 heavy (non-hydrogen) atoms. The van der Waals surface area contributed by atoms with Crippen molar-refractivity contribution in [2.45, 2.75) is 120 Å². The van der Waals surface area contributed by atoms with E-state index in [0.29, 0.717) is 48.6 Å². The number of ether oxygens (including phenoxy) is 2. The summed E-state index contributed by atoms with van der Waals surface area (Å²) >= 11 is 0. The van der Waals surface area contributed by atoms with Crippen LogP contribution < -0.4 is 25.8 Å². The molecule has 4 fully saturated rings. The second kappa shape index (κ2) is 20.6. The number of fused-ring (bicyclic) bond motifs is 2. The molecule has 1 saturated carbocycles. The standard InChI is InChI=1S/C56H69F2N7O6/c1-33-44(57)30-47-50(49(33)51-42(54(59)68)15-17-46(52(51)58)70-28-27-66)34(2)56(71-47,38-7-5-4-6-8-38)32-60-39-12-9-35(10-13-39)31-64-23-21-40(22-24-64)65-25-19-36(20-26-65)37-11-14-41-45(29-37)63(3)62-53(41)43-16-18-48(67)61-55(43)69/h4-8,11,14-15,17,29-30,34-36,39-40,43,55,60,66,69H,9-10,12-13,16,18-28,31-32H2,1-3H3,(H2,59,68)(H,61,67). The number of aromatic nitrogens is 2. The van der Waals surface area contributed by atoms with Crippen LogP contribution in [0.2, 0.25) is 0 Å². The minimum Gasteiger partial charge on any atom is -0.488 e. The van der Waals surface area contributed by atoms with Crippen molar-refractivity contribution in [2.24, 2.45) is 18.7 Å². The molecular weight excluding hydrogens is 905 g/mol. The van der Waals surface area contributed by atoms with Gasteiger partial charge in [-0.05, 0) is 143 Å². The predicted octanol–water partition coefficient (Wildman–Crippen LogP) is 7.49. The van der Waals surface area contributed by atoms with Gasteiger partial charge < -0.3 is 45.9 Å². The van der Waals surface area contributed by atoms with Gasteiger partial charge in [-0.25, -0.2) is 8.78 Å². The van der Waals surface area contributed by atoms with E-state index in [0.717, 1.165) is 93.4 Å². The van der Waals surface area contributed by atoms with E-state index in [1.165, 1.54) is 36.6 Å². The van der Waals surface area contributed by atoms with Gasteiger partial charge in [-0.15, -0.1) is 0 Å². The fourth-order valence-electron chi connectivity index (χ4n) is 12.9. The molecule has 13 nitrogen and oxygen atoms in total. The zero-order valence-electron chi connectivity index (χ0n) is 41.3. The fraction of sp³-hybridized carbons (Fsp3) is 0.518. The number of aliphatic hydroxyl groups excluding tert-OH is 2. The number of primary amides is 1. The number of carbonyl (C=O) groups excluding carboxylic acids is 2. The summed E-state index contributed by atoms with van der Waals surface area (Å²) < 4.78 is 46.9. The maximum Gasteiger partial charge on any atom is 0.249 e. The Kier molecular flexibility index (Phi) is 14.2. The fourth-order valence-corrected chi connectivity index (χ4v) is 12.9. The highest BCUT2D eigenvalue weighted by atomic mass is 19.1. The number of aryl methyl sites for hydroxylation is 1. The van der Waals surface area contributed by atoms with Gasteiger partial charge in [-0.3, -0.25) is 14.3 Å². The highest BCUT2D eigenvalue weighted by molar-refractivity contribution is 6.01. The number of nitrogens with zero attached hydrogens (tertiary/aromatic N) is 4. The molecule has 0 radical (unpaired) electrons. The summed E-state index contributed by atoms with van der Waals surface area (Å²) in [6.45, 7) is 9.14. The number of piperidine rings is 3. The van der Waals surface area contributed by atoms with E-state index in [4.69, 9.17) is 20.3 Å². The lowest BCUT2D eigenvalue weighted by atomic mass is 9.76. The van der Waals surface area contributed by atoms with Crippen LogP contribution in [0.1, 0.15) is 127 Å². The summed E-state index contributed by atoms with van der Waals surface area (Å²) in [4.78, 5) is 30.1. The van der Waals surface area contributed by atoms with Crippen LogP contribution in [0.25, 0.3) is 22.0 Å². The van der Waals surface area contributed by atoms with Crippen molar-refractivity contribution >= 4 is 22.7 Å². The summed E-state index contributed by atoms with van der Waals surface area (Å²) in [6.07, 6.45) is 9.08. The number of aliphatic hydroxyl groups is 2. The molecule has 0 spiro atoms. The smallest absolute Gasteiger partial charge is 0.249 e. The molecule has 1 aliphatic carbocycles. The molecule has 2 amide bonds. The Morgan fingerprint density at radius 2 is 1.70 bits per heavy atom. The Morgan fingerprint density at radius 1 is 0.958 bits per heavy atom. The molecule has 3 saturated heterocycles. The molecule has 4 aliphatic heterocycles. The van der Waals surface area contributed by atoms with Gasteiger partial charge in [-0.2, -0.15) is 5.10 Å². The van der Waals surface area contributed by atoms with Crippen LogP contribution in [0.5, 0.6) is 11.5 Å². The Hall–Kier alpha value is -5.45. The molecule has 10 rings (SSSR count). The number of rotatable bonds is 14. The summed E-state index contributed by atoms with van der Waals surface area (Å²) in [6, 6.07) is 21.6. The van der Waals surface area contributed by atoms with E-state index in [-0.39, 0.29) is 59.1 Å². The maximum atomic E-state index is 16.5. The summed E-state index contributed by atoms with van der Waals surface area (Å²) in [5, 5.41) is 32.4. The largest absolute Gasteiger partial charge is 0.488 e. The summed E-state index contributed by atoms with van der Waals surface area (Å²) in [5.41, 5.74) is 9.82. The number of carbonyl (C=O) groups is 2. The molecular formula is C56H69F2N7O6. The monoisotopic (exact) mass is 974 g/mol. The van der Waals surface area contributed by atoms with Crippen molar-refractivity contribution in [3.8, 4) is 22.6 Å². The first-order valence-electron chi connectivity index (χ1n) is 25.9. The SMILES string of the molecule is Cc1c(F)cc2c(c1-c1c(C(N)=O)ccc(OCCO)c1F)C(C)C(CNC1CCC(CN3CCC(N4CCC(c5ccc6c(C7CCC(=O)NC7O)nn(C)c6c5)CC4)CC3)CC1)(c1ccccc1)O2. The van der Waals surface area contributed by atoms with Crippen LogP contribution in [-0.4, -0.2) is 112 Å². The Morgan fingerprint density at radius 3 is 2.41 bits per heavy atom. The molecule has 4 unspecified atom stereocenters. The lowest BCUT2D eigenvalue weighted by molar-refractivity contribution is -0.127. The van der Waals surface area contributed by atoms with Crippen LogP contribution in [0, 0.1) is 24.5 Å². The molecule has 5 aromatic rings. The Labute approximate surface area is 415 Å². The number of halogens is 2. The highest BCUT2D eigenvalue weighted by Gasteiger charge is 2.50. The topological polar surface area (TPSA) is 167 Å². The van der Waals surface area contributed by atoms with E-state index in [1.54, 1.807) is 6.92 Å². The van der Waals surface area contributed by atoms with Gasteiger partial charge in [0.2, 0.25) is 11.8 Å². The van der Waals surface area contributed by atoms with Gasteiger partial charge in [-0.1, -0.05) is 49.4 Å². The maximum absolute atomic E-state index is 16.5. The van der Waals surface area contributed by atoms with Gasteiger partial charge in [0.25, 0.3) is 0 Å². The predicted molar refractivity (Wildman–Crippen MR) is 268 cm³/mol. The van der Waals surface area contributed by atoms with E-state index in [1.807, 2.05) is 49.0 Å². The van der Waals surface area contributed by atoms with E-state index in [9.17, 15) is 19.8 Å². The number of likely N-dealkylation sites (tertiary alicyclic amines) is 2. The van der Waals surface area contributed by atoms with Gasteiger partial charge in [0.1, 0.15) is 24.4 Å². The Bertz CT molecular complexity index is 2750. The molecule has 15 heteroatoms. The number of benzene rings is 4. The minimum atomic E-state index is -0.967. The lowest BCUT2D eigenvalue weighted by Crippen LogP contribution is -2.49. The van der Waals surface area contributed by atoms with Crippen LogP contribution in [0.15, 0.2) is 66.7 Å². The van der Waals surface area contributed by atoms with E-state index < -0.39 is 35.3 Å². The van der Waals surface area contributed by atoms with Crippen LogP contribution >= 0.6 is 0 Å². The minimum absolute atomic E-state index is 0.0978. The lowest BCUT2D eigenvalue weighted by Gasteiger charge is -2.43. The second-order valence-corrected chi connectivity index (χ2v) is 21.0. The quantitative estimate of drug-likeness (QED) is 0.0753. The third-order valence-electron chi connectivity index (χ3n) is 16.9. The van der Waals surface area contributed by atoms with Gasteiger partial charge >= 0.3 is 0 Å². The van der Waals surface area contributed by atoms with Crippen molar-refractivity contribution in [1.29, 1.82) is 0 Å². The number of nitrogens with two attached hydrogens (primary N) is 1. The molecule has 5 heterocycles. The molecule has 5 aliphatic rings. The molecule has 1 aromatic heterocycles. The van der Waals surface area contributed by atoms with Crippen LogP contribution in [0.3, 0.4) is 0 Å². The first-order valence-corrected chi connectivity index (χ1v) is 25.9. The number of amides is 2. The third-order valence-corrected chi connectivity index (χ3v) is 16.9. The van der Waals surface area contributed by atoms with Crippen molar-refractivity contribution in [3.63, 3.8) is 0 Å². The van der Waals surface area contributed by atoms with Crippen molar-refractivity contribution in [1.82, 2.24) is 30.2 Å². The molecule has 378 valence electrons. The van der Waals surface area contributed by atoms with Gasteiger partial charge in [0.05, 0.1) is 23.4 Å². The second-order valence-electron chi connectivity index (χ2n) is 21.0. The number of nitrogens with one attached hydrogen (secondary N) is 2. The average Bonchev–Trinajstić information content (AvgIpc) is 3.86. The van der Waals surface area contributed by atoms with Crippen LogP contribution in [0.4, 0.5) is 8.78 Å². The number of hydrogen-bond donors (Lipinski definition) is 5. The highest BCUT2D eigenvalue weighted by Crippen LogP contribution is 2.56. The average molecular weight is 974 g/mol. The van der Waals surface area contributed by atoms with Crippen molar-refractivity contribution < 1.29 is 38.1 Å². The Balaban J connectivity index is 0.736. The van der Waals surface area contributed by atoms with Gasteiger partial charge in [0.15, 0.2) is 17.2 Å². The van der Waals surface area contributed by atoms with E-state index >= 15 is 8.78 Å². The molecule has 4 atom stereocenters. The number of hydrogen-bond acceptors (Lipinski definition) is 10. The molecule has 0 bridgehead atoms. The normalized spacial score (nSPS) is 25.8. The van der Waals surface area contributed by atoms with E-state index in [2.05, 4.69) is 38.6 Å². The zero-order chi connectivity index (χ0) is 49.6. The molecule has 6 N–H and O–H groups in total. The van der Waals surface area contributed by atoms with Gasteiger partial charge in [0, 0.05) is 73.1 Å². The first kappa shape index (κ1) is 49.1. The first-order chi connectivity index (χ1) is 34.3. The summed E-state index contributed by atoms with van der Waals surface area (Å²) in [5.74, 6) is -1.76. The van der Waals surface area contributed by atoms with Crippen LogP contribution in [-0.2, 0) is 17.4 Å². The zero-order valence-corrected chi connectivity index (χ0v) is 41.3. The third kappa shape index (κ3) is 9.56. The summed E-state index contributed by atoms with van der Waals surface area (Å²) in [7, 11) is 1.97. The molecule has 4 aromatic carbocycles. The van der Waals surface area contributed by atoms with Crippen molar-refractivity contribution in [3.05, 3.63) is 112 Å². The van der Waals surface area contributed by atoms with Crippen molar-refractivity contribution in [2.75, 3.05) is 52.5 Å².